The molecule has 1 heterocycles. The molecule has 0 saturated carbocycles. The van der Waals surface area contributed by atoms with Crippen molar-refractivity contribution < 1.29 is 0 Å². The lowest BCUT2D eigenvalue weighted by Crippen LogP contribution is -1.75. The first-order chi connectivity index (χ1) is 11.8. The quantitative estimate of drug-likeness (QED) is 0.354. The summed E-state index contributed by atoms with van der Waals surface area (Å²) < 4.78 is 1.36. The minimum absolute atomic E-state index is 1.22. The zero-order valence-electron chi connectivity index (χ0n) is 13.6. The lowest BCUT2D eigenvalue weighted by molar-refractivity contribution is 1.52. The largest absolute Gasteiger partial charge is 0.135 e. The third-order valence-electron chi connectivity index (χ3n) is 4.14. The molecule has 0 saturated heterocycles. The van der Waals surface area contributed by atoms with Crippen molar-refractivity contribution in [1.29, 1.82) is 0 Å². The van der Waals surface area contributed by atoms with E-state index < -0.39 is 0 Å². The summed E-state index contributed by atoms with van der Waals surface area (Å²) in [7, 11) is 0. The molecule has 0 spiro atoms. The van der Waals surface area contributed by atoms with Gasteiger partial charge in [-0.1, -0.05) is 78.9 Å². The van der Waals surface area contributed by atoms with E-state index in [2.05, 4.69) is 91.9 Å². The minimum atomic E-state index is 1.22. The van der Waals surface area contributed by atoms with Crippen LogP contribution in [0.2, 0.25) is 0 Å². The molecular formula is C23H18S. The molecule has 0 atom stereocenters. The molecule has 4 rings (SSSR count). The Morgan fingerprint density at radius 1 is 0.708 bits per heavy atom. The lowest BCUT2D eigenvalue weighted by Gasteiger charge is -1.99. The van der Waals surface area contributed by atoms with Gasteiger partial charge >= 0.3 is 0 Å². The van der Waals surface area contributed by atoms with E-state index in [0.717, 1.165) is 0 Å². The molecule has 24 heavy (non-hydrogen) atoms. The number of aryl methyl sites for hydroxylation is 1. The molecule has 0 bridgehead atoms. The molecular weight excluding hydrogens is 308 g/mol. The minimum Gasteiger partial charge on any atom is -0.135 e. The van der Waals surface area contributed by atoms with Crippen LogP contribution in [0.25, 0.3) is 32.7 Å². The topological polar surface area (TPSA) is 0 Å². The average Bonchev–Trinajstić information content (AvgIpc) is 3.04. The molecule has 0 nitrogen and oxygen atoms in total. The van der Waals surface area contributed by atoms with Gasteiger partial charge < -0.3 is 0 Å². The zero-order valence-corrected chi connectivity index (χ0v) is 14.4. The summed E-state index contributed by atoms with van der Waals surface area (Å²) in [6.07, 6.45) is 4.31. The maximum atomic E-state index is 2.29. The van der Waals surface area contributed by atoms with E-state index in [0.29, 0.717) is 0 Å². The van der Waals surface area contributed by atoms with E-state index in [1.807, 2.05) is 17.4 Å². The first-order valence-electron chi connectivity index (χ1n) is 8.12. The van der Waals surface area contributed by atoms with Gasteiger partial charge in [0.2, 0.25) is 0 Å². The summed E-state index contributed by atoms with van der Waals surface area (Å²) in [5.74, 6) is 0. The summed E-state index contributed by atoms with van der Waals surface area (Å²) in [5, 5.41) is 1.33. The third-order valence-corrected chi connectivity index (χ3v) is 5.29. The number of fused-ring (bicyclic) bond motifs is 1. The predicted molar refractivity (Wildman–Crippen MR) is 107 cm³/mol. The van der Waals surface area contributed by atoms with E-state index in [1.165, 1.54) is 37.2 Å². The van der Waals surface area contributed by atoms with Gasteiger partial charge in [0.15, 0.2) is 0 Å². The molecule has 3 aromatic carbocycles. The van der Waals surface area contributed by atoms with Gasteiger partial charge in [0, 0.05) is 9.58 Å². The monoisotopic (exact) mass is 326 g/mol. The molecule has 4 aromatic rings. The molecule has 0 aliphatic carbocycles. The molecule has 0 fully saturated rings. The van der Waals surface area contributed by atoms with Gasteiger partial charge in [-0.25, -0.2) is 0 Å². The Bertz CT molecular complexity index is 989. The van der Waals surface area contributed by atoms with E-state index in [4.69, 9.17) is 0 Å². The molecule has 116 valence electrons. The standard InChI is InChI=1S/C23H18S/c1-17-7-12-21-16-23(24-22(21)15-17)20-13-10-19(11-14-20)9-8-18-5-3-2-4-6-18/h2-16H,1H3. The van der Waals surface area contributed by atoms with Crippen molar-refractivity contribution >= 4 is 33.6 Å². The molecule has 1 heteroatoms. The van der Waals surface area contributed by atoms with Crippen LogP contribution in [0, 0.1) is 6.92 Å². The van der Waals surface area contributed by atoms with Crippen LogP contribution in [0.15, 0.2) is 78.9 Å². The summed E-state index contributed by atoms with van der Waals surface area (Å²) in [5.41, 5.74) is 5.05. The Balaban J connectivity index is 1.59. The molecule has 0 radical (unpaired) electrons. The van der Waals surface area contributed by atoms with Crippen molar-refractivity contribution in [3.63, 3.8) is 0 Å². The Morgan fingerprint density at radius 2 is 1.42 bits per heavy atom. The molecule has 1 aromatic heterocycles. The Hall–Kier alpha value is -2.64. The molecule has 0 amide bonds. The van der Waals surface area contributed by atoms with Gasteiger partial charge in [0.05, 0.1) is 0 Å². The predicted octanol–water partition coefficient (Wildman–Crippen LogP) is 7.05. The first kappa shape index (κ1) is 14.9. The van der Waals surface area contributed by atoms with Crippen LogP contribution in [0.5, 0.6) is 0 Å². The third kappa shape index (κ3) is 3.17. The summed E-state index contributed by atoms with van der Waals surface area (Å²) >= 11 is 1.86. The van der Waals surface area contributed by atoms with Crippen molar-refractivity contribution in [2.45, 2.75) is 6.92 Å². The van der Waals surface area contributed by atoms with Crippen molar-refractivity contribution in [3.8, 4) is 10.4 Å². The number of thiophene rings is 1. The highest BCUT2D eigenvalue weighted by Crippen LogP contribution is 2.34. The fraction of sp³-hybridized carbons (Fsp3) is 0.0435. The van der Waals surface area contributed by atoms with Crippen LogP contribution in [-0.2, 0) is 0 Å². The number of hydrogen-bond acceptors (Lipinski definition) is 1. The maximum absolute atomic E-state index is 2.29. The number of hydrogen-bond donors (Lipinski definition) is 0. The first-order valence-corrected chi connectivity index (χ1v) is 8.93. The fourth-order valence-electron chi connectivity index (χ4n) is 2.80. The second kappa shape index (κ2) is 6.46. The van der Waals surface area contributed by atoms with Crippen molar-refractivity contribution in [2.24, 2.45) is 0 Å². The van der Waals surface area contributed by atoms with Crippen molar-refractivity contribution in [2.75, 3.05) is 0 Å². The molecule has 0 aliphatic rings. The smallest absolute Gasteiger partial charge is 0.0355 e. The second-order valence-corrected chi connectivity index (χ2v) is 7.10. The van der Waals surface area contributed by atoms with Gasteiger partial charge in [-0.2, -0.15) is 0 Å². The van der Waals surface area contributed by atoms with Gasteiger partial charge in [-0.05, 0) is 46.7 Å². The number of benzene rings is 3. The lowest BCUT2D eigenvalue weighted by atomic mass is 10.1. The van der Waals surface area contributed by atoms with Crippen LogP contribution in [0.3, 0.4) is 0 Å². The Labute approximate surface area is 146 Å². The SMILES string of the molecule is Cc1ccc2cc(-c3ccc(C=Cc4ccccc4)cc3)sc2c1. The second-order valence-electron chi connectivity index (χ2n) is 6.02. The van der Waals surface area contributed by atoms with Gasteiger partial charge in [-0.3, -0.25) is 0 Å². The zero-order chi connectivity index (χ0) is 16.4. The average molecular weight is 326 g/mol. The van der Waals surface area contributed by atoms with Crippen molar-refractivity contribution in [1.82, 2.24) is 0 Å². The van der Waals surface area contributed by atoms with Gasteiger partial charge in [-0.15, -0.1) is 11.3 Å². The van der Waals surface area contributed by atoms with Gasteiger partial charge in [0.25, 0.3) is 0 Å². The van der Waals surface area contributed by atoms with Crippen LogP contribution >= 0.6 is 11.3 Å². The van der Waals surface area contributed by atoms with Gasteiger partial charge in [0.1, 0.15) is 0 Å². The van der Waals surface area contributed by atoms with E-state index in [1.54, 1.807) is 0 Å². The van der Waals surface area contributed by atoms with Crippen LogP contribution in [-0.4, -0.2) is 0 Å². The van der Waals surface area contributed by atoms with Crippen LogP contribution in [0.4, 0.5) is 0 Å². The van der Waals surface area contributed by atoms with Crippen LogP contribution in [0.1, 0.15) is 16.7 Å². The Morgan fingerprint density at radius 3 is 2.17 bits per heavy atom. The Kier molecular flexibility index (Phi) is 4.02. The maximum Gasteiger partial charge on any atom is 0.0355 e. The molecule has 0 aliphatic heterocycles. The normalized spacial score (nSPS) is 11.4. The fourth-order valence-corrected chi connectivity index (χ4v) is 3.96. The van der Waals surface area contributed by atoms with E-state index in [-0.39, 0.29) is 0 Å². The van der Waals surface area contributed by atoms with E-state index >= 15 is 0 Å². The summed E-state index contributed by atoms with van der Waals surface area (Å²) in [6.45, 7) is 2.15. The highest BCUT2D eigenvalue weighted by molar-refractivity contribution is 7.22. The van der Waals surface area contributed by atoms with E-state index in [9.17, 15) is 0 Å². The van der Waals surface area contributed by atoms with Crippen molar-refractivity contribution in [3.05, 3.63) is 95.6 Å². The number of rotatable bonds is 3. The highest BCUT2D eigenvalue weighted by Gasteiger charge is 2.04. The molecule has 0 N–H and O–H groups in total. The van der Waals surface area contributed by atoms with Crippen LogP contribution < -0.4 is 0 Å². The highest BCUT2D eigenvalue weighted by atomic mass is 32.1. The summed E-state index contributed by atoms with van der Waals surface area (Å²) in [4.78, 5) is 1.33. The molecule has 0 unspecified atom stereocenters. The summed E-state index contributed by atoms with van der Waals surface area (Å²) in [6, 6.07) is 28.1.